The van der Waals surface area contributed by atoms with E-state index >= 15 is 0 Å². The summed E-state index contributed by atoms with van der Waals surface area (Å²) in [5, 5.41) is 9.52. The van der Waals surface area contributed by atoms with Crippen LogP contribution in [0.4, 0.5) is 0 Å². The van der Waals surface area contributed by atoms with Gasteiger partial charge in [0.2, 0.25) is 0 Å². The predicted octanol–water partition coefficient (Wildman–Crippen LogP) is 2.44. The van der Waals surface area contributed by atoms with Crippen molar-refractivity contribution < 1.29 is 14.6 Å². The van der Waals surface area contributed by atoms with Crippen molar-refractivity contribution in [2.24, 2.45) is 5.41 Å². The van der Waals surface area contributed by atoms with Gasteiger partial charge in [-0.15, -0.1) is 0 Å². The molecule has 2 rings (SSSR count). The number of nitrogens with zero attached hydrogens (tertiary/aromatic N) is 2. The lowest BCUT2D eigenvalue weighted by Crippen LogP contribution is -2.51. The summed E-state index contributed by atoms with van der Waals surface area (Å²) in [6.45, 7) is 7.11. The summed E-state index contributed by atoms with van der Waals surface area (Å²) in [6, 6.07) is 0.322. The van der Waals surface area contributed by atoms with Crippen LogP contribution in [0, 0.1) is 5.41 Å². The molecule has 2 atom stereocenters. The van der Waals surface area contributed by atoms with E-state index in [1.807, 2.05) is 13.1 Å². The second kappa shape index (κ2) is 5.54. The third kappa shape index (κ3) is 2.79. The minimum Gasteiger partial charge on any atom is -0.481 e. The number of rotatable bonds is 6. The van der Waals surface area contributed by atoms with Crippen molar-refractivity contribution in [3.8, 4) is 0 Å². The largest absolute Gasteiger partial charge is 0.481 e. The molecule has 0 aliphatic heterocycles. The highest BCUT2D eigenvalue weighted by Crippen LogP contribution is 2.52. The van der Waals surface area contributed by atoms with Crippen molar-refractivity contribution in [3.05, 3.63) is 12.4 Å². The first-order chi connectivity index (χ1) is 8.96. The van der Waals surface area contributed by atoms with E-state index in [2.05, 4.69) is 23.4 Å². The van der Waals surface area contributed by atoms with Gasteiger partial charge in [0, 0.05) is 30.5 Å². The number of thioether (sulfide) groups is 1. The highest BCUT2D eigenvalue weighted by molar-refractivity contribution is 7.99. The Balaban J connectivity index is 2.07. The molecule has 0 bridgehead atoms. The summed E-state index contributed by atoms with van der Waals surface area (Å²) in [5.41, 5.74) is 0.0508. The predicted molar refractivity (Wildman–Crippen MR) is 73.4 cm³/mol. The maximum atomic E-state index is 10.6. The van der Waals surface area contributed by atoms with Crippen LogP contribution >= 0.6 is 11.8 Å². The van der Waals surface area contributed by atoms with Gasteiger partial charge < -0.3 is 14.4 Å². The number of aromatic nitrogens is 2. The number of hydrogen-bond acceptors (Lipinski definition) is 4. The SMILES string of the molecule is CCOC1CC(n2ccnc2SCC(=O)O)C1(C)C. The van der Waals surface area contributed by atoms with E-state index in [1.54, 1.807) is 6.20 Å². The van der Waals surface area contributed by atoms with Crippen LogP contribution in [0.2, 0.25) is 0 Å². The molecule has 1 N–H and O–H groups in total. The molecule has 0 aromatic carbocycles. The maximum absolute atomic E-state index is 10.6. The van der Waals surface area contributed by atoms with Crippen LogP contribution in [0.15, 0.2) is 17.6 Å². The minimum absolute atomic E-state index is 0.0407. The van der Waals surface area contributed by atoms with Crippen LogP contribution < -0.4 is 0 Å². The molecule has 1 fully saturated rings. The first-order valence-electron chi connectivity index (χ1n) is 6.45. The number of ether oxygens (including phenoxy) is 1. The van der Waals surface area contributed by atoms with Crippen LogP contribution in [0.3, 0.4) is 0 Å². The van der Waals surface area contributed by atoms with Crippen molar-refractivity contribution in [1.82, 2.24) is 9.55 Å². The molecule has 1 aromatic heterocycles. The Bertz CT molecular complexity index is 458. The summed E-state index contributed by atoms with van der Waals surface area (Å²) >= 11 is 1.27. The number of carboxylic acid groups (broad SMARTS) is 1. The van der Waals surface area contributed by atoms with E-state index in [1.165, 1.54) is 11.8 Å². The molecule has 0 saturated heterocycles. The lowest BCUT2D eigenvalue weighted by atomic mass is 9.64. The van der Waals surface area contributed by atoms with Crippen LogP contribution in [0.1, 0.15) is 33.2 Å². The highest BCUT2D eigenvalue weighted by Gasteiger charge is 2.50. The quantitative estimate of drug-likeness (QED) is 0.813. The molecule has 5 nitrogen and oxygen atoms in total. The van der Waals surface area contributed by atoms with Crippen LogP contribution in [0.5, 0.6) is 0 Å². The van der Waals surface area contributed by atoms with Gasteiger partial charge in [-0.2, -0.15) is 0 Å². The molecule has 0 amide bonds. The molecule has 6 heteroatoms. The van der Waals surface area contributed by atoms with Crippen molar-refractivity contribution in [1.29, 1.82) is 0 Å². The molecule has 1 saturated carbocycles. The van der Waals surface area contributed by atoms with E-state index in [0.717, 1.165) is 18.2 Å². The smallest absolute Gasteiger partial charge is 0.313 e. The Labute approximate surface area is 117 Å². The fourth-order valence-electron chi connectivity index (χ4n) is 2.60. The first-order valence-corrected chi connectivity index (χ1v) is 7.44. The summed E-state index contributed by atoms with van der Waals surface area (Å²) in [6.07, 6.45) is 4.88. The summed E-state index contributed by atoms with van der Waals surface area (Å²) < 4.78 is 7.81. The summed E-state index contributed by atoms with van der Waals surface area (Å²) in [5.74, 6) is -0.779. The molecule has 1 aliphatic rings. The zero-order valence-corrected chi connectivity index (χ0v) is 12.3. The molecular weight excluding hydrogens is 264 g/mol. The third-order valence-corrected chi connectivity index (χ3v) is 4.75. The Kier molecular flexibility index (Phi) is 4.20. The minimum atomic E-state index is -0.820. The van der Waals surface area contributed by atoms with Crippen molar-refractivity contribution in [3.63, 3.8) is 0 Å². The van der Waals surface area contributed by atoms with Gasteiger partial charge in [0.05, 0.1) is 11.9 Å². The average molecular weight is 284 g/mol. The van der Waals surface area contributed by atoms with Gasteiger partial charge in [-0.25, -0.2) is 4.98 Å². The van der Waals surface area contributed by atoms with Crippen LogP contribution in [-0.2, 0) is 9.53 Å². The number of hydrogen-bond donors (Lipinski definition) is 1. The molecule has 19 heavy (non-hydrogen) atoms. The summed E-state index contributed by atoms with van der Waals surface area (Å²) in [4.78, 5) is 14.9. The number of carbonyl (C=O) groups is 1. The number of carboxylic acids is 1. The number of aliphatic carboxylic acids is 1. The van der Waals surface area contributed by atoms with Gasteiger partial charge in [0.1, 0.15) is 0 Å². The van der Waals surface area contributed by atoms with Gasteiger partial charge >= 0.3 is 5.97 Å². The molecule has 1 aromatic rings. The van der Waals surface area contributed by atoms with Gasteiger partial charge in [-0.1, -0.05) is 25.6 Å². The van der Waals surface area contributed by atoms with Gasteiger partial charge in [-0.3, -0.25) is 4.79 Å². The first kappa shape index (κ1) is 14.4. The second-order valence-corrected chi connectivity index (χ2v) is 6.26. The van der Waals surface area contributed by atoms with Crippen molar-refractivity contribution in [2.45, 2.75) is 44.5 Å². The fourth-order valence-corrected chi connectivity index (χ4v) is 3.32. The fraction of sp³-hybridized carbons (Fsp3) is 0.692. The Morgan fingerprint density at radius 2 is 2.42 bits per heavy atom. The lowest BCUT2D eigenvalue weighted by Gasteiger charge is -2.52. The van der Waals surface area contributed by atoms with Gasteiger partial charge in [-0.05, 0) is 13.3 Å². The van der Waals surface area contributed by atoms with Crippen molar-refractivity contribution >= 4 is 17.7 Å². The maximum Gasteiger partial charge on any atom is 0.313 e. The summed E-state index contributed by atoms with van der Waals surface area (Å²) in [7, 11) is 0. The topological polar surface area (TPSA) is 64.4 Å². The van der Waals surface area contributed by atoms with E-state index in [9.17, 15) is 4.79 Å². The molecule has 0 spiro atoms. The Hall–Kier alpha value is -1.01. The zero-order chi connectivity index (χ0) is 14.0. The molecule has 106 valence electrons. The van der Waals surface area contributed by atoms with Crippen LogP contribution in [0.25, 0.3) is 0 Å². The standard InChI is InChI=1S/C13H20N2O3S/c1-4-18-10-7-9(13(10,2)3)15-6-5-14-12(15)19-8-11(16)17/h5-6,9-10H,4,7-8H2,1-3H3,(H,16,17). The second-order valence-electron chi connectivity index (χ2n) is 5.32. The van der Waals surface area contributed by atoms with E-state index in [0.29, 0.717) is 6.04 Å². The van der Waals surface area contributed by atoms with E-state index in [-0.39, 0.29) is 17.3 Å². The molecule has 1 heterocycles. The van der Waals surface area contributed by atoms with Gasteiger partial charge in [0.15, 0.2) is 5.16 Å². The molecule has 1 aliphatic carbocycles. The highest BCUT2D eigenvalue weighted by atomic mass is 32.2. The Morgan fingerprint density at radius 3 is 3.00 bits per heavy atom. The monoisotopic (exact) mass is 284 g/mol. The molecule has 0 radical (unpaired) electrons. The average Bonchev–Trinajstić information content (AvgIpc) is 2.79. The zero-order valence-electron chi connectivity index (χ0n) is 11.5. The number of imidazole rings is 1. The van der Waals surface area contributed by atoms with Gasteiger partial charge in [0.25, 0.3) is 0 Å². The Morgan fingerprint density at radius 1 is 1.68 bits per heavy atom. The normalized spacial score (nSPS) is 25.0. The van der Waals surface area contributed by atoms with Crippen LogP contribution in [-0.4, -0.2) is 39.1 Å². The van der Waals surface area contributed by atoms with E-state index in [4.69, 9.17) is 9.84 Å². The molecule has 2 unspecified atom stereocenters. The lowest BCUT2D eigenvalue weighted by molar-refractivity contribution is -0.134. The van der Waals surface area contributed by atoms with Crippen molar-refractivity contribution in [2.75, 3.05) is 12.4 Å². The molecular formula is C13H20N2O3S. The van der Waals surface area contributed by atoms with E-state index < -0.39 is 5.97 Å². The third-order valence-electron chi connectivity index (χ3n) is 3.79.